The van der Waals surface area contributed by atoms with Crippen molar-refractivity contribution in [3.63, 3.8) is 0 Å². The minimum atomic E-state index is -3.43. The number of aromatic nitrogens is 1. The summed E-state index contributed by atoms with van der Waals surface area (Å²) in [7, 11) is -3.43. The highest BCUT2D eigenvalue weighted by molar-refractivity contribution is 7.88. The molecule has 1 N–H and O–H groups in total. The number of nitrogens with zero attached hydrogens (tertiary/aromatic N) is 3. The van der Waals surface area contributed by atoms with E-state index in [-0.39, 0.29) is 41.5 Å². The summed E-state index contributed by atoms with van der Waals surface area (Å²) in [4.78, 5) is 16.2. The van der Waals surface area contributed by atoms with Crippen molar-refractivity contribution in [3.05, 3.63) is 47.8 Å². The molecule has 12 heteroatoms. The number of carbonyl (C=O) groups is 1. The molecule has 2 fully saturated rings. The lowest BCUT2D eigenvalue weighted by Gasteiger charge is -2.36. The Kier molecular flexibility index (Phi) is 5.09. The van der Waals surface area contributed by atoms with E-state index in [1.54, 1.807) is 11.0 Å². The Balaban J connectivity index is 1.54. The van der Waals surface area contributed by atoms with Crippen LogP contribution in [0.25, 0.3) is 22.1 Å². The molecule has 3 heterocycles. The molecule has 0 spiro atoms. The van der Waals surface area contributed by atoms with Crippen LogP contribution in [-0.4, -0.2) is 55.9 Å². The number of hydrogen-bond donors (Lipinski definition) is 1. The maximum Gasteiger partial charge on any atom is 0.326 e. The third-order valence-corrected chi connectivity index (χ3v) is 6.73. The maximum atomic E-state index is 14.6. The summed E-state index contributed by atoms with van der Waals surface area (Å²) in [5, 5.41) is 4.22. The lowest BCUT2D eigenvalue weighted by molar-refractivity contribution is 0.185. The topological polar surface area (TPSA) is 95.7 Å². The van der Waals surface area contributed by atoms with Crippen LogP contribution in [0.3, 0.4) is 0 Å². The molecule has 2 aromatic carbocycles. The number of urea groups is 1. The van der Waals surface area contributed by atoms with Crippen LogP contribution >= 0.6 is 0 Å². The predicted molar refractivity (Wildman–Crippen MR) is 114 cm³/mol. The summed E-state index contributed by atoms with van der Waals surface area (Å²) in [5.41, 5.74) is -0.169. The van der Waals surface area contributed by atoms with Crippen LogP contribution in [0.5, 0.6) is 0 Å². The van der Waals surface area contributed by atoms with E-state index in [1.165, 1.54) is 17.0 Å². The smallest absolute Gasteiger partial charge is 0.326 e. The van der Waals surface area contributed by atoms with Crippen LogP contribution in [0, 0.1) is 17.5 Å². The molecule has 0 aliphatic carbocycles. The Morgan fingerprint density at radius 2 is 1.91 bits per heavy atom. The van der Waals surface area contributed by atoms with Gasteiger partial charge in [0.25, 0.3) is 0 Å². The maximum absolute atomic E-state index is 14.6. The van der Waals surface area contributed by atoms with E-state index >= 15 is 0 Å². The second-order valence-electron chi connectivity index (χ2n) is 8.28. The Labute approximate surface area is 187 Å². The zero-order valence-electron chi connectivity index (χ0n) is 17.4. The van der Waals surface area contributed by atoms with Gasteiger partial charge in [0.15, 0.2) is 11.4 Å². The molecule has 0 radical (unpaired) electrons. The summed E-state index contributed by atoms with van der Waals surface area (Å²) < 4.78 is 73.6. The Morgan fingerprint density at radius 3 is 2.61 bits per heavy atom. The van der Waals surface area contributed by atoms with Gasteiger partial charge in [-0.2, -0.15) is 0 Å². The number of nitrogens with one attached hydrogen (secondary N) is 1. The number of rotatable bonds is 4. The molecule has 174 valence electrons. The summed E-state index contributed by atoms with van der Waals surface area (Å²) in [6.45, 7) is 0.451. The Morgan fingerprint density at radius 1 is 1.18 bits per heavy atom. The van der Waals surface area contributed by atoms with Gasteiger partial charge >= 0.3 is 6.03 Å². The zero-order chi connectivity index (χ0) is 23.5. The van der Waals surface area contributed by atoms with Crippen molar-refractivity contribution >= 4 is 32.8 Å². The number of amides is 2. The number of benzene rings is 2. The highest BCUT2D eigenvalue weighted by atomic mass is 32.2. The summed E-state index contributed by atoms with van der Waals surface area (Å²) in [5.74, 6) is -3.14. The van der Waals surface area contributed by atoms with E-state index in [1.807, 2.05) is 0 Å². The van der Waals surface area contributed by atoms with Gasteiger partial charge in [-0.15, -0.1) is 0 Å². The third-order valence-electron chi connectivity index (χ3n) is 5.97. The standard InChI is InChI=1S/C21H19F3N4O4S/c1-33(30,31)26-12-9-13-5-6-27(21(29)28(13)10-12)20-19-14(3-2-4-17(19)32-25-20)18-15(23)7-11(22)8-16(18)24/h2-4,7-8,12-13,26H,5-6,9-10H2,1H3/t12-,13+/m0/s1. The lowest BCUT2D eigenvalue weighted by Crippen LogP contribution is -2.52. The van der Waals surface area contributed by atoms with Gasteiger partial charge in [0.05, 0.1) is 17.2 Å². The van der Waals surface area contributed by atoms with Gasteiger partial charge in [0.1, 0.15) is 17.5 Å². The molecule has 3 aromatic rings. The van der Waals surface area contributed by atoms with E-state index in [0.29, 0.717) is 25.0 Å². The Hall–Kier alpha value is -3.12. The average molecular weight is 480 g/mol. The van der Waals surface area contributed by atoms with E-state index in [4.69, 9.17) is 4.52 Å². The van der Waals surface area contributed by atoms with Gasteiger partial charge < -0.3 is 9.42 Å². The summed E-state index contributed by atoms with van der Waals surface area (Å²) in [6, 6.07) is 4.73. The highest BCUT2D eigenvalue weighted by Gasteiger charge is 2.43. The van der Waals surface area contributed by atoms with Crippen molar-refractivity contribution in [1.29, 1.82) is 0 Å². The van der Waals surface area contributed by atoms with Crippen molar-refractivity contribution < 1.29 is 30.9 Å². The first-order valence-electron chi connectivity index (χ1n) is 10.2. The van der Waals surface area contributed by atoms with E-state index in [0.717, 1.165) is 6.26 Å². The van der Waals surface area contributed by atoms with Crippen LogP contribution in [0.4, 0.5) is 23.8 Å². The van der Waals surface area contributed by atoms with Gasteiger partial charge in [0, 0.05) is 42.9 Å². The molecule has 0 bridgehead atoms. The van der Waals surface area contributed by atoms with Crippen LogP contribution in [0.15, 0.2) is 34.9 Å². The number of hydrogen-bond acceptors (Lipinski definition) is 5. The first-order valence-corrected chi connectivity index (χ1v) is 12.1. The Bertz CT molecular complexity index is 1350. The second-order valence-corrected chi connectivity index (χ2v) is 10.1. The lowest BCUT2D eigenvalue weighted by atomic mass is 9.99. The fraction of sp³-hybridized carbons (Fsp3) is 0.333. The van der Waals surface area contributed by atoms with E-state index in [2.05, 4.69) is 9.88 Å². The van der Waals surface area contributed by atoms with Crippen LogP contribution in [0.2, 0.25) is 0 Å². The molecule has 2 aliphatic heterocycles. The number of carbonyl (C=O) groups excluding carboxylic acids is 1. The first-order chi connectivity index (χ1) is 15.6. The van der Waals surface area contributed by atoms with Crippen LogP contribution in [0.1, 0.15) is 12.8 Å². The fourth-order valence-electron chi connectivity index (χ4n) is 4.71. The van der Waals surface area contributed by atoms with Crippen LogP contribution in [-0.2, 0) is 10.0 Å². The van der Waals surface area contributed by atoms with Gasteiger partial charge in [-0.3, -0.25) is 4.90 Å². The van der Waals surface area contributed by atoms with E-state index < -0.39 is 45.1 Å². The normalized spacial score (nSPS) is 21.2. The van der Waals surface area contributed by atoms with E-state index in [9.17, 15) is 26.4 Å². The fourth-order valence-corrected chi connectivity index (χ4v) is 5.48. The van der Waals surface area contributed by atoms with Gasteiger partial charge in [0.2, 0.25) is 10.0 Å². The molecular weight excluding hydrogens is 461 g/mol. The third kappa shape index (κ3) is 3.82. The monoisotopic (exact) mass is 480 g/mol. The van der Waals surface area contributed by atoms with Crippen molar-refractivity contribution in [2.45, 2.75) is 24.9 Å². The molecule has 2 amide bonds. The number of fused-ring (bicyclic) bond motifs is 2. The molecule has 0 saturated carbocycles. The SMILES string of the molecule is CS(=O)(=O)N[C@H]1C[C@H]2CCN(c3noc4cccc(-c5c(F)cc(F)cc5F)c34)C(=O)N2C1. The quantitative estimate of drug-likeness (QED) is 0.619. The van der Waals surface area contributed by atoms with Crippen molar-refractivity contribution in [3.8, 4) is 11.1 Å². The highest BCUT2D eigenvalue weighted by Crippen LogP contribution is 2.40. The summed E-state index contributed by atoms with van der Waals surface area (Å²) >= 11 is 0. The van der Waals surface area contributed by atoms with Gasteiger partial charge in [-0.25, -0.2) is 31.1 Å². The summed E-state index contributed by atoms with van der Waals surface area (Å²) in [6.07, 6.45) is 2.10. The largest absolute Gasteiger partial charge is 0.354 e. The van der Waals surface area contributed by atoms with Crippen molar-refractivity contribution in [1.82, 2.24) is 14.8 Å². The first kappa shape index (κ1) is 21.7. The molecule has 2 saturated heterocycles. The average Bonchev–Trinajstić information content (AvgIpc) is 3.31. The molecule has 33 heavy (non-hydrogen) atoms. The molecule has 8 nitrogen and oxygen atoms in total. The molecule has 5 rings (SSSR count). The minimum absolute atomic E-state index is 0.0757. The van der Waals surface area contributed by atoms with Gasteiger partial charge in [-0.1, -0.05) is 17.3 Å². The molecule has 1 aromatic heterocycles. The van der Waals surface area contributed by atoms with Crippen molar-refractivity contribution in [2.75, 3.05) is 24.2 Å². The number of sulfonamides is 1. The molecule has 2 aliphatic rings. The zero-order valence-corrected chi connectivity index (χ0v) is 18.2. The number of halogens is 3. The van der Waals surface area contributed by atoms with Gasteiger partial charge in [-0.05, 0) is 18.9 Å². The molecule has 2 atom stereocenters. The van der Waals surface area contributed by atoms with Crippen LogP contribution < -0.4 is 9.62 Å². The predicted octanol–water partition coefficient (Wildman–Crippen LogP) is 3.23. The number of anilines is 1. The molecule has 0 unspecified atom stereocenters. The second kappa shape index (κ2) is 7.73. The molecular formula is C21H19F3N4O4S. The minimum Gasteiger partial charge on any atom is -0.354 e. The van der Waals surface area contributed by atoms with Crippen molar-refractivity contribution in [2.24, 2.45) is 0 Å².